The smallest absolute Gasteiger partial charge is 0.313 e. The molecule has 3 heterocycles. The molecule has 2 aromatic rings. The van der Waals surface area contributed by atoms with Gasteiger partial charge in [0.1, 0.15) is 10.8 Å². The number of likely N-dealkylation sites (N-methyl/N-ethyl adjacent to an activating group) is 1. The Kier molecular flexibility index (Phi) is 9.30. The molecule has 0 aliphatic carbocycles. The number of nitrogens with two attached hydrogens (primary N) is 1. The number of halogens is 1. The zero-order valence-electron chi connectivity index (χ0n) is 23.3. The predicted molar refractivity (Wildman–Crippen MR) is 159 cm³/mol. The monoisotopic (exact) mass is 609 g/mol. The molecule has 2 aliphatic heterocycles. The van der Waals surface area contributed by atoms with Gasteiger partial charge in [0.05, 0.1) is 51.9 Å². The number of nitrogens with zero attached hydrogens (tertiary/aromatic N) is 4. The van der Waals surface area contributed by atoms with Crippen LogP contribution in [0.3, 0.4) is 0 Å². The molecule has 4 rings (SSSR count). The maximum Gasteiger partial charge on any atom is 0.313 e. The fourth-order valence-electron chi connectivity index (χ4n) is 4.58. The summed E-state index contributed by atoms with van der Waals surface area (Å²) in [5.41, 5.74) is 6.55. The van der Waals surface area contributed by atoms with E-state index in [9.17, 15) is 13.8 Å². The Labute approximate surface area is 246 Å². The van der Waals surface area contributed by atoms with Gasteiger partial charge in [-0.3, -0.25) is 9.59 Å². The first-order chi connectivity index (χ1) is 18.8. The van der Waals surface area contributed by atoms with Gasteiger partial charge in [0.15, 0.2) is 5.82 Å². The number of benzene rings is 1. The van der Waals surface area contributed by atoms with E-state index in [1.807, 2.05) is 20.8 Å². The zero-order valence-corrected chi connectivity index (χ0v) is 25.7. The average Bonchev–Trinajstić information content (AvgIpc) is 3.27. The first-order valence-electron chi connectivity index (χ1n) is 12.9. The Bertz CT molecular complexity index is 1300. The Balaban J connectivity index is 1.41. The van der Waals surface area contributed by atoms with E-state index < -0.39 is 22.8 Å². The van der Waals surface area contributed by atoms with Crippen LogP contribution in [0.15, 0.2) is 34.3 Å². The van der Waals surface area contributed by atoms with E-state index in [2.05, 4.69) is 24.9 Å². The molecule has 14 heteroatoms. The number of hydrogen-bond acceptors (Lipinski definition) is 9. The summed E-state index contributed by atoms with van der Waals surface area (Å²) >= 11 is 7.75. The molecule has 0 bridgehead atoms. The minimum absolute atomic E-state index is 0.0379. The molecule has 2 saturated heterocycles. The van der Waals surface area contributed by atoms with E-state index in [1.54, 1.807) is 24.4 Å². The largest absolute Gasteiger partial charge is 0.381 e. The quantitative estimate of drug-likeness (QED) is 0.421. The number of anilines is 3. The van der Waals surface area contributed by atoms with Crippen molar-refractivity contribution in [3.05, 3.63) is 29.4 Å². The number of piperidine rings is 1. The second kappa shape index (κ2) is 12.2. The summed E-state index contributed by atoms with van der Waals surface area (Å²) in [6.07, 6.45) is 3.44. The van der Waals surface area contributed by atoms with Crippen LogP contribution in [0.25, 0.3) is 0 Å². The molecule has 0 saturated carbocycles. The Hall–Kier alpha value is -2.45. The van der Waals surface area contributed by atoms with Crippen LogP contribution >= 0.6 is 23.4 Å². The van der Waals surface area contributed by atoms with E-state index in [4.69, 9.17) is 22.1 Å². The Morgan fingerprint density at radius 3 is 2.60 bits per heavy atom. The summed E-state index contributed by atoms with van der Waals surface area (Å²) in [7, 11) is 1.83. The third-order valence-electron chi connectivity index (χ3n) is 7.07. The first kappa shape index (κ1) is 30.5. The number of amides is 2. The molecule has 2 fully saturated rings. The van der Waals surface area contributed by atoms with Crippen molar-refractivity contribution in [2.75, 3.05) is 56.3 Å². The lowest BCUT2D eigenvalue weighted by Gasteiger charge is -2.42. The maximum atomic E-state index is 12.7. The molecule has 2 aliphatic rings. The molecule has 218 valence electrons. The molecule has 4 N–H and O–H groups in total. The van der Waals surface area contributed by atoms with Gasteiger partial charge in [0.2, 0.25) is 0 Å². The van der Waals surface area contributed by atoms with Gasteiger partial charge in [-0.1, -0.05) is 29.4 Å². The molecule has 1 aromatic carbocycles. The summed E-state index contributed by atoms with van der Waals surface area (Å²) in [5, 5.41) is 3.29. The zero-order chi connectivity index (χ0) is 29.2. The van der Waals surface area contributed by atoms with Crippen LogP contribution in [-0.2, 0) is 25.3 Å². The molecule has 40 heavy (non-hydrogen) atoms. The number of hydrogen-bond donors (Lipinski definition) is 3. The van der Waals surface area contributed by atoms with Crippen LogP contribution in [0.2, 0.25) is 5.02 Å². The summed E-state index contributed by atoms with van der Waals surface area (Å²) < 4.78 is 21.6. The van der Waals surface area contributed by atoms with Crippen molar-refractivity contribution in [1.82, 2.24) is 19.6 Å². The minimum Gasteiger partial charge on any atom is -0.381 e. The standard InChI is InChI=1S/C26H36ClN7O4S2/c1-25(2,3)40(37)32-18-14-38-15-26(18)9-11-34(12-10-26)19-13-29-23(21(28)31-19)39-17-8-6-7-16(20(17)27)30-22(35)24(36)33(4)5/h6-8,13,18,32H,9-12,14-15H2,1-5H3,(H2,28,31)(H,30,35)/t18-,40?/m1/s1. The second-order valence-corrected chi connectivity index (χ2v) is 14.6. The van der Waals surface area contributed by atoms with Crippen LogP contribution in [0.5, 0.6) is 0 Å². The fraction of sp³-hybridized carbons (Fsp3) is 0.538. The highest BCUT2D eigenvalue weighted by Crippen LogP contribution is 2.42. The van der Waals surface area contributed by atoms with Crippen molar-refractivity contribution < 1.29 is 18.5 Å². The highest BCUT2D eigenvalue weighted by atomic mass is 35.5. The Morgan fingerprint density at radius 1 is 1.27 bits per heavy atom. The van der Waals surface area contributed by atoms with Crippen molar-refractivity contribution in [2.24, 2.45) is 5.41 Å². The predicted octanol–water partition coefficient (Wildman–Crippen LogP) is 2.93. The van der Waals surface area contributed by atoms with Crippen molar-refractivity contribution in [3.63, 3.8) is 0 Å². The second-order valence-electron chi connectivity index (χ2n) is 11.2. The number of rotatable bonds is 6. The van der Waals surface area contributed by atoms with E-state index in [0.717, 1.165) is 25.9 Å². The molecule has 1 spiro atoms. The number of nitrogens with one attached hydrogen (secondary N) is 2. The topological polar surface area (TPSA) is 143 Å². The van der Waals surface area contributed by atoms with Crippen LogP contribution in [-0.4, -0.2) is 82.1 Å². The highest BCUT2D eigenvalue weighted by molar-refractivity contribution is 7.99. The maximum absolute atomic E-state index is 12.7. The number of nitrogen functional groups attached to an aromatic ring is 1. The average molecular weight is 610 g/mol. The third kappa shape index (κ3) is 6.71. The molecule has 11 nitrogen and oxygen atoms in total. The highest BCUT2D eigenvalue weighted by Gasteiger charge is 2.47. The van der Waals surface area contributed by atoms with Crippen LogP contribution in [0.4, 0.5) is 17.3 Å². The lowest BCUT2D eigenvalue weighted by molar-refractivity contribution is -0.141. The number of carbonyl (C=O) groups is 2. The van der Waals surface area contributed by atoms with E-state index >= 15 is 0 Å². The molecule has 0 radical (unpaired) electrons. The molecular formula is C26H36ClN7O4S2. The van der Waals surface area contributed by atoms with Gasteiger partial charge in [0.25, 0.3) is 0 Å². The van der Waals surface area contributed by atoms with E-state index in [-0.39, 0.29) is 27.0 Å². The van der Waals surface area contributed by atoms with E-state index in [0.29, 0.717) is 34.6 Å². The first-order valence-corrected chi connectivity index (χ1v) is 15.3. The van der Waals surface area contributed by atoms with Crippen molar-refractivity contribution in [2.45, 2.75) is 54.3 Å². The van der Waals surface area contributed by atoms with Crippen LogP contribution < -0.4 is 20.7 Å². The van der Waals surface area contributed by atoms with Gasteiger partial charge < -0.3 is 25.6 Å². The molecule has 1 unspecified atom stereocenters. The molecule has 2 atom stereocenters. The van der Waals surface area contributed by atoms with Crippen molar-refractivity contribution in [1.29, 1.82) is 0 Å². The van der Waals surface area contributed by atoms with Crippen LogP contribution in [0, 0.1) is 5.41 Å². The van der Waals surface area contributed by atoms with E-state index in [1.165, 1.54) is 30.8 Å². The normalized spacial score (nSPS) is 19.4. The van der Waals surface area contributed by atoms with Gasteiger partial charge in [-0.05, 0) is 45.7 Å². The fourth-order valence-corrected chi connectivity index (χ4v) is 6.61. The van der Waals surface area contributed by atoms with Crippen molar-refractivity contribution >= 4 is 63.5 Å². The van der Waals surface area contributed by atoms with Gasteiger partial charge in [-0.25, -0.2) is 18.9 Å². The number of ether oxygens (including phenoxy) is 1. The molecular weight excluding hydrogens is 574 g/mol. The number of carbonyl (C=O) groups excluding carboxylic acids is 2. The lowest BCUT2D eigenvalue weighted by Crippen LogP contribution is -2.53. The Morgan fingerprint density at radius 2 is 1.98 bits per heavy atom. The number of aromatic nitrogens is 2. The summed E-state index contributed by atoms with van der Waals surface area (Å²) in [4.78, 5) is 37.2. The van der Waals surface area contributed by atoms with Gasteiger partial charge >= 0.3 is 11.8 Å². The molecule has 2 amide bonds. The van der Waals surface area contributed by atoms with Crippen molar-refractivity contribution in [3.8, 4) is 0 Å². The van der Waals surface area contributed by atoms with Gasteiger partial charge in [-0.15, -0.1) is 0 Å². The van der Waals surface area contributed by atoms with Gasteiger partial charge in [-0.2, -0.15) is 0 Å². The minimum atomic E-state index is -1.16. The summed E-state index contributed by atoms with van der Waals surface area (Å²) in [6, 6.07) is 5.15. The SMILES string of the molecule is CN(C)C(=O)C(=O)Nc1cccc(Sc2ncc(N3CCC4(CC3)COC[C@H]4NS(=O)C(C)(C)C)nc2N)c1Cl. The summed E-state index contributed by atoms with van der Waals surface area (Å²) in [5.74, 6) is -0.515. The van der Waals surface area contributed by atoms with Crippen LogP contribution in [0.1, 0.15) is 33.6 Å². The summed E-state index contributed by atoms with van der Waals surface area (Å²) in [6.45, 7) is 8.59. The lowest BCUT2D eigenvalue weighted by atomic mass is 9.75. The third-order valence-corrected chi connectivity index (χ3v) is 10.3. The molecule has 1 aromatic heterocycles. The van der Waals surface area contributed by atoms with Gasteiger partial charge in [0, 0.05) is 37.5 Å².